The number of amides is 1. The molecule has 0 saturated carbocycles. The van der Waals surface area contributed by atoms with Gasteiger partial charge in [0.05, 0.1) is 16.1 Å². The summed E-state index contributed by atoms with van der Waals surface area (Å²) in [4.78, 5) is 50.5. The Labute approximate surface area is 302 Å². The molecule has 1 aliphatic heterocycles. The molecule has 1 N–H and O–H groups in total. The van der Waals surface area contributed by atoms with Gasteiger partial charge in [0.25, 0.3) is 0 Å². The number of aromatic nitrogens is 4. The Bertz CT molecular complexity index is 1880. The lowest BCUT2D eigenvalue weighted by Gasteiger charge is -2.44. The largest absolute Gasteiger partial charge is 0.417 e. The summed E-state index contributed by atoms with van der Waals surface area (Å²) >= 11 is 8.64. The highest BCUT2D eigenvalue weighted by molar-refractivity contribution is 7.99. The van der Waals surface area contributed by atoms with Crippen molar-refractivity contribution in [3.8, 4) is 10.4 Å². The smallest absolute Gasteiger partial charge is 0.352 e. The second-order valence-corrected chi connectivity index (χ2v) is 13.9. The van der Waals surface area contributed by atoms with Crippen LogP contribution < -0.4 is 16.3 Å². The van der Waals surface area contributed by atoms with E-state index in [9.17, 15) is 27.6 Å². The van der Waals surface area contributed by atoms with E-state index in [0.717, 1.165) is 23.8 Å². The van der Waals surface area contributed by atoms with Crippen molar-refractivity contribution in [1.82, 2.24) is 24.4 Å². The summed E-state index contributed by atoms with van der Waals surface area (Å²) in [6, 6.07) is 3.79. The molecular formula is C35H42ClF3N6O3S2. The van der Waals surface area contributed by atoms with Crippen LogP contribution in [0.3, 0.4) is 0 Å². The van der Waals surface area contributed by atoms with Crippen LogP contribution in [0.15, 0.2) is 75.8 Å². The minimum atomic E-state index is -4.67. The van der Waals surface area contributed by atoms with E-state index in [0.29, 0.717) is 52.1 Å². The van der Waals surface area contributed by atoms with E-state index in [1.165, 1.54) is 34.8 Å². The summed E-state index contributed by atoms with van der Waals surface area (Å²) in [5, 5.41) is 2.24. The Kier molecular flexibility index (Phi) is 14.9. The molecule has 2 unspecified atom stereocenters. The van der Waals surface area contributed by atoms with E-state index in [2.05, 4.69) is 28.1 Å². The number of anilines is 1. The number of carbonyl (C=O) groups excluding carboxylic acids is 1. The molecule has 2 atom stereocenters. The minimum absolute atomic E-state index is 0.0416. The fraction of sp³-hybridized carbons (Fsp3) is 0.400. The van der Waals surface area contributed by atoms with Crippen molar-refractivity contribution in [2.24, 2.45) is 0 Å². The summed E-state index contributed by atoms with van der Waals surface area (Å²) in [6.45, 7) is 17.4. The summed E-state index contributed by atoms with van der Waals surface area (Å²) < 4.78 is 45.8. The topological polar surface area (TPSA) is 104 Å². The van der Waals surface area contributed by atoms with Crippen LogP contribution in [0, 0.1) is 0 Å². The maximum Gasteiger partial charge on any atom is 0.417 e. The van der Waals surface area contributed by atoms with Gasteiger partial charge in [0.15, 0.2) is 0 Å². The summed E-state index contributed by atoms with van der Waals surface area (Å²) in [6.07, 6.45) is 2.66. The number of alkyl halides is 3. The molecule has 0 spiro atoms. The number of allylic oxidation sites excluding steroid dienone is 1. The highest BCUT2D eigenvalue weighted by atomic mass is 35.5. The molecule has 0 aliphatic carbocycles. The summed E-state index contributed by atoms with van der Waals surface area (Å²) in [5.41, 5.74) is -1.11. The molecule has 15 heteroatoms. The van der Waals surface area contributed by atoms with Crippen LogP contribution in [0.25, 0.3) is 21.3 Å². The van der Waals surface area contributed by atoms with E-state index in [4.69, 9.17) is 11.6 Å². The van der Waals surface area contributed by atoms with Crippen LogP contribution in [0.4, 0.5) is 19.0 Å². The zero-order chi connectivity index (χ0) is 37.2. The van der Waals surface area contributed by atoms with Crippen LogP contribution in [0.2, 0.25) is 5.02 Å². The molecule has 1 saturated heterocycles. The van der Waals surface area contributed by atoms with Gasteiger partial charge in [-0.3, -0.25) is 9.36 Å². The standard InChI is InChI=1S/C28H32ClF3N4O2S2.C4H4N2O.C3H6/c1-6-9-35-24-19(26(33-27(35)38)34-13-16(4)36(17(5)14-34)22(37)8-3)12-20(28(30,31)32)23(25(24)39-10-7-2)21-11-18(29)15-40-21;7-4-5-2-1-3-6-4;1-3-2/h8,11-12,15-17H,3,6-7,9-10,13-14H2,1-2,4-5H3;1-3H,(H,5,6,7);3H,1H2,2H3. The average molecular weight is 751 g/mol. The number of rotatable bonds is 8. The summed E-state index contributed by atoms with van der Waals surface area (Å²) in [7, 11) is 0. The highest BCUT2D eigenvalue weighted by Crippen LogP contribution is 2.49. The summed E-state index contributed by atoms with van der Waals surface area (Å²) in [5.74, 6) is 0.556. The molecule has 4 aromatic rings. The Morgan fingerprint density at radius 3 is 2.28 bits per heavy atom. The number of hydrogen-bond acceptors (Lipinski definition) is 8. The van der Waals surface area contributed by atoms with Gasteiger partial charge in [0.1, 0.15) is 5.82 Å². The van der Waals surface area contributed by atoms with Gasteiger partial charge >= 0.3 is 17.6 Å². The number of aromatic amines is 1. The van der Waals surface area contributed by atoms with Crippen molar-refractivity contribution in [2.75, 3.05) is 23.7 Å². The lowest BCUT2D eigenvalue weighted by molar-refractivity contribution is -0.137. The van der Waals surface area contributed by atoms with E-state index in [1.807, 2.05) is 39.5 Å². The van der Waals surface area contributed by atoms with E-state index in [-0.39, 0.29) is 40.4 Å². The normalized spacial score (nSPS) is 15.9. The fourth-order valence-corrected chi connectivity index (χ4v) is 8.00. The number of H-pyrrole nitrogens is 1. The molecular weight excluding hydrogens is 709 g/mol. The van der Waals surface area contributed by atoms with Gasteiger partial charge < -0.3 is 14.8 Å². The third-order valence-corrected chi connectivity index (χ3v) is 10.0. The number of nitrogens with one attached hydrogen (secondary N) is 1. The molecule has 50 heavy (non-hydrogen) atoms. The number of thiophene rings is 1. The lowest BCUT2D eigenvalue weighted by atomic mass is 10.0. The molecule has 270 valence electrons. The van der Waals surface area contributed by atoms with Crippen LogP contribution >= 0.6 is 34.7 Å². The van der Waals surface area contributed by atoms with Crippen molar-refractivity contribution < 1.29 is 18.0 Å². The van der Waals surface area contributed by atoms with E-state index in [1.54, 1.807) is 28.5 Å². The molecule has 9 nitrogen and oxygen atoms in total. The molecule has 1 amide bonds. The van der Waals surface area contributed by atoms with Crippen LogP contribution in [0.1, 0.15) is 53.0 Å². The Morgan fingerprint density at radius 1 is 1.16 bits per heavy atom. The molecule has 0 bridgehead atoms. The molecule has 1 fully saturated rings. The number of piperazine rings is 1. The fourth-order valence-electron chi connectivity index (χ4n) is 5.67. The van der Waals surface area contributed by atoms with E-state index < -0.39 is 17.4 Å². The minimum Gasteiger partial charge on any atom is -0.352 e. The Morgan fingerprint density at radius 2 is 1.82 bits per heavy atom. The molecule has 1 aliphatic rings. The lowest BCUT2D eigenvalue weighted by Crippen LogP contribution is -2.58. The average Bonchev–Trinajstić information content (AvgIpc) is 3.50. The first-order valence-electron chi connectivity index (χ1n) is 16.1. The van der Waals surface area contributed by atoms with Crippen LogP contribution in [0.5, 0.6) is 0 Å². The van der Waals surface area contributed by atoms with Crippen LogP contribution in [-0.4, -0.2) is 61.3 Å². The maximum atomic E-state index is 14.8. The number of nitrogens with zero attached hydrogens (tertiary/aromatic N) is 5. The molecule has 3 aromatic heterocycles. The highest BCUT2D eigenvalue weighted by Gasteiger charge is 2.39. The zero-order valence-electron chi connectivity index (χ0n) is 28.7. The first kappa shape index (κ1) is 40.5. The maximum absolute atomic E-state index is 14.8. The number of benzene rings is 1. The van der Waals surface area contributed by atoms with Gasteiger partial charge in [0.2, 0.25) is 5.91 Å². The molecule has 4 heterocycles. The second-order valence-electron chi connectivity index (χ2n) is 11.4. The Hall–Kier alpha value is -3.88. The first-order chi connectivity index (χ1) is 23.7. The SMILES string of the molecule is C=CC.C=CC(=O)N1C(C)CN(c2nc(=O)n(CCC)c3c(SCCC)c(-c4cc(Cl)cs4)c(C(F)(F)F)cc23)CC1C.O=c1nccc[nH]1. The van der Waals surface area contributed by atoms with Crippen molar-refractivity contribution in [2.45, 2.75) is 77.2 Å². The first-order valence-corrected chi connectivity index (χ1v) is 18.3. The number of fused-ring (bicyclic) bond motifs is 1. The molecule has 1 aromatic carbocycles. The van der Waals surface area contributed by atoms with Crippen molar-refractivity contribution in [3.63, 3.8) is 0 Å². The van der Waals surface area contributed by atoms with Gasteiger partial charge in [-0.15, -0.1) is 29.7 Å². The van der Waals surface area contributed by atoms with Gasteiger partial charge in [-0.25, -0.2) is 14.6 Å². The van der Waals surface area contributed by atoms with E-state index >= 15 is 0 Å². The zero-order valence-corrected chi connectivity index (χ0v) is 31.1. The van der Waals surface area contributed by atoms with Crippen molar-refractivity contribution >= 4 is 57.3 Å². The van der Waals surface area contributed by atoms with Gasteiger partial charge in [-0.05, 0) is 63.6 Å². The third kappa shape index (κ3) is 9.67. The quantitative estimate of drug-likeness (QED) is 0.110. The van der Waals surface area contributed by atoms with Gasteiger partial charge in [-0.1, -0.05) is 38.1 Å². The second kappa shape index (κ2) is 18.4. The molecule has 5 rings (SSSR count). The van der Waals surface area contributed by atoms with Crippen molar-refractivity contribution in [3.05, 3.63) is 92.8 Å². The number of hydrogen-bond donors (Lipinski definition) is 1. The Balaban J connectivity index is 0.000000586. The van der Waals surface area contributed by atoms with Gasteiger partial charge in [0, 0.05) is 70.2 Å². The number of aryl methyl sites for hydroxylation is 1. The number of thioether (sulfide) groups is 1. The van der Waals surface area contributed by atoms with Crippen molar-refractivity contribution in [1.29, 1.82) is 0 Å². The third-order valence-electron chi connectivity index (χ3n) is 7.44. The number of carbonyl (C=O) groups is 1. The number of halogens is 4. The van der Waals surface area contributed by atoms with Gasteiger partial charge in [-0.2, -0.15) is 18.2 Å². The monoisotopic (exact) mass is 750 g/mol. The predicted octanol–water partition coefficient (Wildman–Crippen LogP) is 8.28. The van der Waals surface area contributed by atoms with Crippen LogP contribution in [-0.2, 0) is 17.5 Å². The molecule has 0 radical (unpaired) electrons. The predicted molar refractivity (Wildman–Crippen MR) is 200 cm³/mol.